The van der Waals surface area contributed by atoms with E-state index in [1.165, 1.54) is 16.8 Å². The summed E-state index contributed by atoms with van der Waals surface area (Å²) >= 11 is 5.76. The Bertz CT molecular complexity index is 1000. The average Bonchev–Trinajstić information content (AvgIpc) is 2.74. The molecule has 1 amide bonds. The van der Waals surface area contributed by atoms with Crippen molar-refractivity contribution in [3.63, 3.8) is 0 Å². The highest BCUT2D eigenvalue weighted by Gasteiger charge is 2.30. The fraction of sp³-hybridized carbons (Fsp3) is 0.333. The van der Waals surface area contributed by atoms with Gasteiger partial charge in [0.05, 0.1) is 29.0 Å². The van der Waals surface area contributed by atoms with E-state index in [0.29, 0.717) is 15.7 Å². The van der Waals surface area contributed by atoms with Gasteiger partial charge in [-0.15, -0.1) is 0 Å². The third-order valence-electron chi connectivity index (χ3n) is 3.79. The number of aromatic nitrogens is 2. The summed E-state index contributed by atoms with van der Waals surface area (Å²) in [5, 5.41) is 15.1. The number of halogens is 1. The fourth-order valence-electron chi connectivity index (χ4n) is 2.59. The van der Waals surface area contributed by atoms with Crippen LogP contribution in [0.25, 0.3) is 0 Å². The molecule has 0 spiro atoms. The van der Waals surface area contributed by atoms with Crippen LogP contribution in [0.4, 0.5) is 11.4 Å². The van der Waals surface area contributed by atoms with E-state index in [4.69, 9.17) is 11.6 Å². The number of nitro groups is 1. The van der Waals surface area contributed by atoms with Crippen LogP contribution in [0.1, 0.15) is 17.0 Å². The summed E-state index contributed by atoms with van der Waals surface area (Å²) in [4.78, 5) is 23.1. The molecule has 0 saturated carbocycles. The lowest BCUT2D eigenvalue weighted by Gasteiger charge is -2.21. The predicted octanol–water partition coefficient (Wildman–Crippen LogP) is 2.13. The van der Waals surface area contributed by atoms with Crippen molar-refractivity contribution < 1.29 is 18.1 Å². The van der Waals surface area contributed by atoms with Gasteiger partial charge in [-0.05, 0) is 25.5 Å². The first kappa shape index (κ1) is 19.9. The molecular weight excluding hydrogens is 384 g/mol. The van der Waals surface area contributed by atoms with Gasteiger partial charge in [-0.2, -0.15) is 5.10 Å². The standard InChI is InChI=1S/C15H17ClN4O5S/c1-9-15(10(2)18(3)17-9)19(26(4,24)25)14(21)8-11-5-6-12(16)13(7-11)20(22)23/h5-7H,8H2,1-4H3. The van der Waals surface area contributed by atoms with Crippen LogP contribution in [0.15, 0.2) is 18.2 Å². The molecule has 1 aromatic heterocycles. The number of aryl methyl sites for hydroxylation is 2. The van der Waals surface area contributed by atoms with Crippen molar-refractivity contribution in [3.05, 3.63) is 50.3 Å². The van der Waals surface area contributed by atoms with Crippen LogP contribution in [-0.2, 0) is 28.3 Å². The van der Waals surface area contributed by atoms with Gasteiger partial charge in [-0.3, -0.25) is 19.6 Å². The van der Waals surface area contributed by atoms with E-state index in [2.05, 4.69) is 5.10 Å². The van der Waals surface area contributed by atoms with Crippen molar-refractivity contribution in [1.82, 2.24) is 9.78 Å². The summed E-state index contributed by atoms with van der Waals surface area (Å²) < 4.78 is 26.7. The summed E-state index contributed by atoms with van der Waals surface area (Å²) in [6.45, 7) is 3.24. The molecule has 0 fully saturated rings. The lowest BCUT2D eigenvalue weighted by atomic mass is 10.1. The van der Waals surface area contributed by atoms with Gasteiger partial charge in [0.15, 0.2) is 0 Å². The van der Waals surface area contributed by atoms with Crippen LogP contribution >= 0.6 is 11.6 Å². The van der Waals surface area contributed by atoms with E-state index in [9.17, 15) is 23.3 Å². The number of anilines is 1. The van der Waals surface area contributed by atoms with E-state index >= 15 is 0 Å². The van der Waals surface area contributed by atoms with Crippen molar-refractivity contribution in [2.75, 3.05) is 10.6 Å². The summed E-state index contributed by atoms with van der Waals surface area (Å²) in [6.07, 6.45) is 0.569. The monoisotopic (exact) mass is 400 g/mol. The summed E-state index contributed by atoms with van der Waals surface area (Å²) in [7, 11) is -2.29. The van der Waals surface area contributed by atoms with Crippen LogP contribution in [0.3, 0.4) is 0 Å². The lowest BCUT2D eigenvalue weighted by molar-refractivity contribution is -0.384. The number of nitrogens with zero attached hydrogens (tertiary/aromatic N) is 4. The zero-order chi connectivity index (χ0) is 19.8. The van der Waals surface area contributed by atoms with Crippen LogP contribution in [0.2, 0.25) is 5.02 Å². The molecule has 0 radical (unpaired) electrons. The van der Waals surface area contributed by atoms with Gasteiger partial charge >= 0.3 is 0 Å². The molecule has 1 heterocycles. The Morgan fingerprint density at radius 1 is 1.38 bits per heavy atom. The number of benzene rings is 1. The highest BCUT2D eigenvalue weighted by molar-refractivity contribution is 7.92. The smallest absolute Gasteiger partial charge is 0.273 e. The molecule has 26 heavy (non-hydrogen) atoms. The third-order valence-corrected chi connectivity index (χ3v) is 5.16. The third kappa shape index (κ3) is 3.86. The summed E-state index contributed by atoms with van der Waals surface area (Å²) in [5.74, 6) is -0.747. The first-order valence-electron chi connectivity index (χ1n) is 7.39. The van der Waals surface area contributed by atoms with Crippen LogP contribution in [0.5, 0.6) is 0 Å². The maximum Gasteiger partial charge on any atom is 0.288 e. The summed E-state index contributed by atoms with van der Waals surface area (Å²) in [6, 6.07) is 3.90. The van der Waals surface area contributed by atoms with Gasteiger partial charge in [-0.25, -0.2) is 12.7 Å². The number of nitro benzene ring substituents is 1. The maximum atomic E-state index is 12.7. The number of hydrogen-bond donors (Lipinski definition) is 0. The molecule has 0 N–H and O–H groups in total. The Morgan fingerprint density at radius 3 is 2.46 bits per heavy atom. The van der Waals surface area contributed by atoms with Gasteiger partial charge in [0.25, 0.3) is 5.69 Å². The second-order valence-corrected chi connectivity index (χ2v) is 8.02. The van der Waals surface area contributed by atoms with Crippen molar-refractivity contribution in [3.8, 4) is 0 Å². The second-order valence-electron chi connectivity index (χ2n) is 5.78. The van der Waals surface area contributed by atoms with Gasteiger partial charge in [-0.1, -0.05) is 17.7 Å². The zero-order valence-corrected chi connectivity index (χ0v) is 16.1. The van der Waals surface area contributed by atoms with E-state index in [1.54, 1.807) is 20.9 Å². The highest BCUT2D eigenvalue weighted by Crippen LogP contribution is 2.29. The SMILES string of the molecule is Cc1nn(C)c(C)c1N(C(=O)Cc1ccc(Cl)c([N+](=O)[O-])c1)S(C)(=O)=O. The molecule has 0 aliphatic heterocycles. The fourth-order valence-corrected chi connectivity index (χ4v) is 3.80. The van der Waals surface area contributed by atoms with Gasteiger partial charge in [0.1, 0.15) is 10.7 Å². The molecule has 140 valence electrons. The number of rotatable bonds is 5. The first-order valence-corrected chi connectivity index (χ1v) is 9.62. The van der Waals surface area contributed by atoms with Crippen LogP contribution in [-0.4, -0.2) is 35.3 Å². The minimum absolute atomic E-state index is 0.0647. The molecule has 11 heteroatoms. The maximum absolute atomic E-state index is 12.7. The molecule has 0 saturated heterocycles. The second kappa shape index (κ2) is 7.04. The van der Waals surface area contributed by atoms with Gasteiger partial charge in [0, 0.05) is 13.1 Å². The van der Waals surface area contributed by atoms with E-state index < -0.39 is 20.9 Å². The lowest BCUT2D eigenvalue weighted by Crippen LogP contribution is -2.38. The number of hydrogen-bond acceptors (Lipinski definition) is 6. The molecule has 2 aromatic rings. The average molecular weight is 401 g/mol. The number of carbonyl (C=O) groups is 1. The highest BCUT2D eigenvalue weighted by atomic mass is 35.5. The molecule has 0 aliphatic rings. The largest absolute Gasteiger partial charge is 0.288 e. The topological polar surface area (TPSA) is 115 Å². The van der Waals surface area contributed by atoms with Gasteiger partial charge < -0.3 is 0 Å². The van der Waals surface area contributed by atoms with E-state index in [1.807, 2.05) is 0 Å². The zero-order valence-electron chi connectivity index (χ0n) is 14.6. The normalized spacial score (nSPS) is 11.4. The minimum Gasteiger partial charge on any atom is -0.273 e. The van der Waals surface area contributed by atoms with Crippen molar-refractivity contribution in [1.29, 1.82) is 0 Å². The molecule has 2 rings (SSSR count). The number of carbonyl (C=O) groups excluding carboxylic acids is 1. The van der Waals surface area contributed by atoms with Crippen molar-refractivity contribution in [2.24, 2.45) is 7.05 Å². The Balaban J connectivity index is 2.47. The summed E-state index contributed by atoms with van der Waals surface area (Å²) in [5.41, 5.74) is 0.994. The van der Waals surface area contributed by atoms with Crippen molar-refractivity contribution in [2.45, 2.75) is 20.3 Å². The number of sulfonamides is 1. The molecule has 0 aliphatic carbocycles. The quantitative estimate of drug-likeness (QED) is 0.560. The number of amides is 1. The van der Waals surface area contributed by atoms with Crippen LogP contribution in [0, 0.1) is 24.0 Å². The predicted molar refractivity (Wildman–Crippen MR) is 96.8 cm³/mol. The molecule has 9 nitrogen and oxygen atoms in total. The Morgan fingerprint density at radius 2 is 2.00 bits per heavy atom. The minimum atomic E-state index is -3.93. The first-order chi connectivity index (χ1) is 11.9. The van der Waals surface area contributed by atoms with E-state index in [0.717, 1.165) is 12.3 Å². The Labute approximate surface area is 155 Å². The van der Waals surface area contributed by atoms with Gasteiger partial charge in [0.2, 0.25) is 15.9 Å². The van der Waals surface area contributed by atoms with Crippen LogP contribution < -0.4 is 4.31 Å². The molecule has 0 atom stereocenters. The molecule has 0 bridgehead atoms. The Kier molecular flexibility index (Phi) is 5.38. The Hall–Kier alpha value is -2.46. The molecule has 1 aromatic carbocycles. The van der Waals surface area contributed by atoms with Crippen molar-refractivity contribution >= 4 is 38.9 Å². The molecular formula is C15H17ClN4O5S. The van der Waals surface area contributed by atoms with E-state index in [-0.39, 0.29) is 28.4 Å². The molecule has 0 unspecified atom stereocenters.